The number of hydrogen-bond acceptors (Lipinski definition) is 7. The third kappa shape index (κ3) is 7.70. The number of benzene rings is 1. The molecule has 3 rings (SSSR count). The molecule has 0 spiro atoms. The van der Waals surface area contributed by atoms with Crippen molar-refractivity contribution in [2.45, 2.75) is 39.3 Å². The summed E-state index contributed by atoms with van der Waals surface area (Å²) in [4.78, 5) is 31.3. The molecule has 36 heavy (non-hydrogen) atoms. The second-order valence-corrected chi connectivity index (χ2v) is 9.38. The first kappa shape index (κ1) is 27.0. The van der Waals surface area contributed by atoms with Gasteiger partial charge in [-0.1, -0.05) is 30.4 Å². The number of nitrogens with one attached hydrogen (secondary N) is 2. The topological polar surface area (TPSA) is 92.8 Å². The number of thiocarbonyl (C=S) groups is 1. The standard InChI is InChI=1S/C25H28F2N4O4S/c1-25(2,3)35-24(33)31-13-18(29-11-16-9-10-28-12-20(16)34-15-21(26)27)22(19(32)14-31)23(36)30-17-7-5-4-6-8-17/h4-10,12,21,29H,11,13-15H2,1-3H3,(H,30,36). The molecular weight excluding hydrogens is 490 g/mol. The highest BCUT2D eigenvalue weighted by atomic mass is 32.1. The Balaban J connectivity index is 1.87. The van der Waals surface area contributed by atoms with E-state index in [0.717, 1.165) is 0 Å². The van der Waals surface area contributed by atoms with Crippen LogP contribution in [0.4, 0.5) is 19.3 Å². The number of halogens is 2. The van der Waals surface area contributed by atoms with Gasteiger partial charge in [-0.25, -0.2) is 13.6 Å². The molecule has 0 aliphatic carbocycles. The van der Waals surface area contributed by atoms with Crippen molar-refractivity contribution in [3.05, 3.63) is 65.6 Å². The zero-order valence-electron chi connectivity index (χ0n) is 20.2. The number of anilines is 1. The number of para-hydroxylation sites is 1. The lowest BCUT2D eigenvalue weighted by Gasteiger charge is -2.32. The van der Waals surface area contributed by atoms with Crippen LogP contribution in [0.25, 0.3) is 0 Å². The number of rotatable bonds is 8. The van der Waals surface area contributed by atoms with E-state index in [1.807, 2.05) is 30.3 Å². The van der Waals surface area contributed by atoms with Crippen molar-refractivity contribution in [1.82, 2.24) is 15.2 Å². The third-order valence-electron chi connectivity index (χ3n) is 4.90. The lowest BCUT2D eigenvalue weighted by molar-refractivity contribution is -0.116. The molecule has 11 heteroatoms. The lowest BCUT2D eigenvalue weighted by Crippen LogP contribution is -2.48. The Morgan fingerprint density at radius 1 is 1.19 bits per heavy atom. The maximum Gasteiger partial charge on any atom is 0.411 e. The predicted molar refractivity (Wildman–Crippen MR) is 135 cm³/mol. The monoisotopic (exact) mass is 518 g/mol. The van der Waals surface area contributed by atoms with Gasteiger partial charge in [0.05, 0.1) is 24.9 Å². The smallest absolute Gasteiger partial charge is 0.411 e. The molecule has 8 nitrogen and oxygen atoms in total. The summed E-state index contributed by atoms with van der Waals surface area (Å²) >= 11 is 5.55. The first-order valence-corrected chi connectivity index (χ1v) is 11.6. The fourth-order valence-corrected chi connectivity index (χ4v) is 3.72. The van der Waals surface area contributed by atoms with Gasteiger partial charge in [-0.05, 0) is 39.0 Å². The van der Waals surface area contributed by atoms with E-state index in [0.29, 0.717) is 16.9 Å². The van der Waals surface area contributed by atoms with Gasteiger partial charge in [0.15, 0.2) is 5.78 Å². The van der Waals surface area contributed by atoms with Crippen molar-refractivity contribution < 1.29 is 27.8 Å². The number of Topliss-reactive ketones (excluding diaryl/α,β-unsaturated/α-hetero) is 1. The molecule has 2 N–H and O–H groups in total. The minimum atomic E-state index is -2.64. The van der Waals surface area contributed by atoms with Crippen molar-refractivity contribution >= 4 is 34.8 Å². The van der Waals surface area contributed by atoms with Crippen LogP contribution in [0.5, 0.6) is 5.75 Å². The molecule has 0 saturated carbocycles. The molecule has 0 unspecified atom stereocenters. The predicted octanol–water partition coefficient (Wildman–Crippen LogP) is 4.33. The molecule has 1 aromatic carbocycles. The molecule has 1 aliphatic rings. The van der Waals surface area contributed by atoms with Crippen LogP contribution in [-0.4, -0.2) is 58.5 Å². The maximum atomic E-state index is 13.2. The Bertz CT molecular complexity index is 1140. The van der Waals surface area contributed by atoms with E-state index >= 15 is 0 Å². The molecule has 1 aromatic heterocycles. The first-order chi connectivity index (χ1) is 17.0. The Morgan fingerprint density at radius 3 is 2.58 bits per heavy atom. The summed E-state index contributed by atoms with van der Waals surface area (Å²) in [5.41, 5.74) is 1.13. The first-order valence-electron chi connectivity index (χ1n) is 11.2. The number of ether oxygens (including phenoxy) is 2. The Kier molecular flexibility index (Phi) is 8.92. The minimum Gasteiger partial charge on any atom is -0.486 e. The zero-order valence-corrected chi connectivity index (χ0v) is 21.0. The van der Waals surface area contributed by atoms with Gasteiger partial charge in [0, 0.05) is 29.7 Å². The highest BCUT2D eigenvalue weighted by Gasteiger charge is 2.33. The summed E-state index contributed by atoms with van der Waals surface area (Å²) in [5, 5.41) is 6.20. The fraction of sp³-hybridized carbons (Fsp3) is 0.360. The highest BCUT2D eigenvalue weighted by Crippen LogP contribution is 2.22. The number of carbonyl (C=O) groups is 2. The molecule has 2 aromatic rings. The van der Waals surface area contributed by atoms with E-state index in [1.165, 1.54) is 17.3 Å². The number of nitrogens with zero attached hydrogens (tertiary/aromatic N) is 2. The third-order valence-corrected chi connectivity index (χ3v) is 5.21. The normalized spacial score (nSPS) is 14.1. The summed E-state index contributed by atoms with van der Waals surface area (Å²) < 4.78 is 35.9. The number of pyridine rings is 1. The number of ketones is 1. The number of aromatic nitrogens is 1. The summed E-state index contributed by atoms with van der Waals surface area (Å²) in [6.07, 6.45) is -0.432. The van der Waals surface area contributed by atoms with Crippen molar-refractivity contribution in [1.29, 1.82) is 0 Å². The quantitative estimate of drug-likeness (QED) is 0.499. The maximum absolute atomic E-state index is 13.2. The zero-order chi connectivity index (χ0) is 26.3. The average molecular weight is 519 g/mol. The van der Waals surface area contributed by atoms with E-state index < -0.39 is 24.7 Å². The van der Waals surface area contributed by atoms with Crippen LogP contribution >= 0.6 is 12.2 Å². The van der Waals surface area contributed by atoms with Crippen molar-refractivity contribution in [2.24, 2.45) is 0 Å². The van der Waals surface area contributed by atoms with E-state index in [9.17, 15) is 18.4 Å². The van der Waals surface area contributed by atoms with Gasteiger partial charge >= 0.3 is 6.09 Å². The Labute approximate surface area is 213 Å². The van der Waals surface area contributed by atoms with Gasteiger partial charge in [0.2, 0.25) is 0 Å². The largest absolute Gasteiger partial charge is 0.486 e. The SMILES string of the molecule is CC(C)(C)OC(=O)N1CC(=O)C(C(=S)Nc2ccccc2)=C(NCc2ccncc2OCC(F)F)C1. The number of amides is 1. The molecule has 0 radical (unpaired) electrons. The van der Waals surface area contributed by atoms with E-state index in [1.54, 1.807) is 26.8 Å². The van der Waals surface area contributed by atoms with Crippen molar-refractivity contribution in [3.8, 4) is 5.75 Å². The van der Waals surface area contributed by atoms with Gasteiger partial charge in [-0.15, -0.1) is 0 Å². The minimum absolute atomic E-state index is 0.0326. The van der Waals surface area contributed by atoms with Gasteiger partial charge in [0.25, 0.3) is 6.43 Å². The van der Waals surface area contributed by atoms with Gasteiger partial charge < -0.3 is 20.1 Å². The Morgan fingerprint density at radius 2 is 1.92 bits per heavy atom. The molecule has 0 fully saturated rings. The van der Waals surface area contributed by atoms with Crippen LogP contribution < -0.4 is 15.4 Å². The fourth-order valence-electron chi connectivity index (χ4n) is 3.36. The summed E-state index contributed by atoms with van der Waals surface area (Å²) in [7, 11) is 0. The number of alkyl halides is 2. The van der Waals surface area contributed by atoms with Crippen LogP contribution in [0.3, 0.4) is 0 Å². The van der Waals surface area contributed by atoms with Crippen LogP contribution in [0.1, 0.15) is 26.3 Å². The van der Waals surface area contributed by atoms with Crippen LogP contribution in [0.15, 0.2) is 60.1 Å². The summed E-state index contributed by atoms with van der Waals surface area (Å²) in [6, 6.07) is 10.7. The van der Waals surface area contributed by atoms with Crippen molar-refractivity contribution in [3.63, 3.8) is 0 Å². The molecule has 2 heterocycles. The van der Waals surface area contributed by atoms with Gasteiger partial charge in [-0.3, -0.25) is 14.7 Å². The van der Waals surface area contributed by atoms with E-state index in [2.05, 4.69) is 15.6 Å². The molecule has 1 aliphatic heterocycles. The second kappa shape index (κ2) is 11.9. The molecule has 1 amide bonds. The second-order valence-electron chi connectivity index (χ2n) is 8.97. The highest BCUT2D eigenvalue weighted by molar-refractivity contribution is 7.81. The average Bonchev–Trinajstić information content (AvgIpc) is 2.81. The molecule has 0 bridgehead atoms. The summed E-state index contributed by atoms with van der Waals surface area (Å²) in [6.45, 7) is 4.38. The van der Waals surface area contributed by atoms with Crippen LogP contribution in [-0.2, 0) is 16.1 Å². The summed E-state index contributed by atoms with van der Waals surface area (Å²) in [5.74, 6) is -0.185. The van der Waals surface area contributed by atoms with E-state index in [4.69, 9.17) is 21.7 Å². The molecule has 0 atom stereocenters. The van der Waals surface area contributed by atoms with Crippen LogP contribution in [0, 0.1) is 0 Å². The Hall–Kier alpha value is -3.60. The van der Waals surface area contributed by atoms with E-state index in [-0.39, 0.29) is 41.7 Å². The molecule has 192 valence electrons. The molecular formula is C25H28F2N4O4S. The van der Waals surface area contributed by atoms with Gasteiger partial charge in [0.1, 0.15) is 22.9 Å². The van der Waals surface area contributed by atoms with Crippen LogP contribution in [0.2, 0.25) is 0 Å². The van der Waals surface area contributed by atoms with Gasteiger partial charge in [-0.2, -0.15) is 0 Å². The number of hydrogen-bond donors (Lipinski definition) is 2. The van der Waals surface area contributed by atoms with Crippen molar-refractivity contribution in [2.75, 3.05) is 25.0 Å². The lowest BCUT2D eigenvalue weighted by atomic mass is 10.0. The molecule has 0 saturated heterocycles. The number of carbonyl (C=O) groups excluding carboxylic acids is 2.